The molecule has 0 fully saturated rings. The van der Waals surface area contributed by atoms with Crippen molar-refractivity contribution in [3.63, 3.8) is 0 Å². The van der Waals surface area contributed by atoms with Crippen molar-refractivity contribution in [3.05, 3.63) is 23.8 Å². The predicted octanol–water partition coefficient (Wildman–Crippen LogP) is 1.90. The van der Waals surface area contributed by atoms with E-state index in [2.05, 4.69) is 0 Å². The van der Waals surface area contributed by atoms with Gasteiger partial charge in [-0.1, -0.05) is 19.9 Å². The average Bonchev–Trinajstić information content (AvgIpc) is 2.37. The van der Waals surface area contributed by atoms with Crippen molar-refractivity contribution < 1.29 is 14.6 Å². The lowest BCUT2D eigenvalue weighted by Crippen LogP contribution is -2.32. The standard InChI is InChI=1S/C13H19NO3.ClH/c1-13(2,8-15)12(14)9-3-4-10-11(7-9)17-6-5-16-10;/h3-4,7,12,15H,5-6,8,14H2,1-2H3;1H/t12-;/m0./s1. The largest absolute Gasteiger partial charge is 0.486 e. The molecule has 0 spiro atoms. The van der Waals surface area contributed by atoms with Crippen LogP contribution in [0.2, 0.25) is 0 Å². The highest BCUT2D eigenvalue weighted by Gasteiger charge is 2.28. The van der Waals surface area contributed by atoms with E-state index in [-0.39, 0.29) is 30.5 Å². The Morgan fingerprint density at radius 1 is 1.28 bits per heavy atom. The fraction of sp³-hybridized carbons (Fsp3) is 0.538. The molecule has 4 nitrogen and oxygen atoms in total. The number of rotatable bonds is 3. The zero-order valence-electron chi connectivity index (χ0n) is 10.7. The SMILES string of the molecule is CC(C)(CO)[C@@H](N)c1ccc2c(c1)OCCO2.Cl. The Labute approximate surface area is 113 Å². The zero-order valence-corrected chi connectivity index (χ0v) is 11.5. The van der Waals surface area contributed by atoms with Crippen LogP contribution < -0.4 is 15.2 Å². The number of nitrogens with two attached hydrogens (primary N) is 1. The van der Waals surface area contributed by atoms with Gasteiger partial charge in [0.05, 0.1) is 0 Å². The van der Waals surface area contributed by atoms with Crippen LogP contribution in [-0.4, -0.2) is 24.9 Å². The molecule has 0 unspecified atom stereocenters. The van der Waals surface area contributed by atoms with Crippen LogP contribution in [0.25, 0.3) is 0 Å². The third-order valence-corrected chi connectivity index (χ3v) is 3.17. The minimum atomic E-state index is -0.357. The Balaban J connectivity index is 0.00000162. The molecule has 1 heterocycles. The minimum Gasteiger partial charge on any atom is -0.486 e. The summed E-state index contributed by atoms with van der Waals surface area (Å²) < 4.78 is 11.0. The summed E-state index contributed by atoms with van der Waals surface area (Å²) in [7, 11) is 0. The number of aliphatic hydroxyl groups excluding tert-OH is 1. The van der Waals surface area contributed by atoms with E-state index in [1.54, 1.807) is 0 Å². The van der Waals surface area contributed by atoms with Gasteiger partial charge in [-0.3, -0.25) is 0 Å². The topological polar surface area (TPSA) is 64.7 Å². The van der Waals surface area contributed by atoms with Gasteiger partial charge in [0.15, 0.2) is 11.5 Å². The first-order valence-corrected chi connectivity index (χ1v) is 5.80. The Hall–Kier alpha value is -0.970. The molecule has 0 aromatic heterocycles. The second kappa shape index (κ2) is 5.78. The first-order valence-electron chi connectivity index (χ1n) is 5.80. The normalized spacial score (nSPS) is 15.8. The summed E-state index contributed by atoms with van der Waals surface area (Å²) in [6.07, 6.45) is 0. The van der Waals surface area contributed by atoms with E-state index in [0.717, 1.165) is 17.1 Å². The maximum Gasteiger partial charge on any atom is 0.161 e. The van der Waals surface area contributed by atoms with Gasteiger partial charge in [-0.15, -0.1) is 12.4 Å². The van der Waals surface area contributed by atoms with Crippen LogP contribution in [0.1, 0.15) is 25.5 Å². The number of aliphatic hydroxyl groups is 1. The summed E-state index contributed by atoms with van der Waals surface area (Å²) in [6.45, 7) is 5.07. The van der Waals surface area contributed by atoms with E-state index >= 15 is 0 Å². The molecule has 1 aliphatic rings. The number of benzene rings is 1. The van der Waals surface area contributed by atoms with E-state index in [9.17, 15) is 5.11 Å². The molecule has 0 radical (unpaired) electrons. The van der Waals surface area contributed by atoms with E-state index in [1.165, 1.54) is 0 Å². The van der Waals surface area contributed by atoms with E-state index in [4.69, 9.17) is 15.2 Å². The van der Waals surface area contributed by atoms with Crippen molar-refractivity contribution in [2.24, 2.45) is 11.1 Å². The van der Waals surface area contributed by atoms with Crippen molar-refractivity contribution in [1.82, 2.24) is 0 Å². The van der Waals surface area contributed by atoms with Crippen LogP contribution in [0, 0.1) is 5.41 Å². The molecule has 0 bridgehead atoms. The number of hydrogen-bond donors (Lipinski definition) is 2. The first kappa shape index (κ1) is 15.1. The lowest BCUT2D eigenvalue weighted by molar-refractivity contribution is 0.131. The van der Waals surface area contributed by atoms with Gasteiger partial charge in [-0.2, -0.15) is 0 Å². The third kappa shape index (κ3) is 2.88. The Bertz CT molecular complexity index is 409. The fourth-order valence-corrected chi connectivity index (χ4v) is 1.80. The van der Waals surface area contributed by atoms with Crippen molar-refractivity contribution >= 4 is 12.4 Å². The zero-order chi connectivity index (χ0) is 12.5. The lowest BCUT2D eigenvalue weighted by atomic mass is 9.82. The van der Waals surface area contributed by atoms with E-state index in [1.807, 2.05) is 32.0 Å². The second-order valence-electron chi connectivity index (χ2n) is 5.03. The van der Waals surface area contributed by atoms with Crippen LogP contribution in [-0.2, 0) is 0 Å². The molecule has 0 saturated carbocycles. The van der Waals surface area contributed by atoms with Gasteiger partial charge in [0.25, 0.3) is 0 Å². The predicted molar refractivity (Wildman–Crippen MR) is 72.5 cm³/mol. The van der Waals surface area contributed by atoms with E-state index in [0.29, 0.717) is 13.2 Å². The molecule has 1 atom stereocenters. The Kier molecular flexibility index (Phi) is 4.85. The first-order chi connectivity index (χ1) is 8.04. The highest BCUT2D eigenvalue weighted by atomic mass is 35.5. The molecule has 18 heavy (non-hydrogen) atoms. The smallest absolute Gasteiger partial charge is 0.161 e. The quantitative estimate of drug-likeness (QED) is 0.883. The van der Waals surface area contributed by atoms with Gasteiger partial charge in [-0.05, 0) is 17.7 Å². The maximum atomic E-state index is 9.33. The van der Waals surface area contributed by atoms with Crippen LogP contribution in [0.5, 0.6) is 11.5 Å². The maximum absolute atomic E-state index is 9.33. The molecule has 102 valence electrons. The molecule has 2 rings (SSSR count). The van der Waals surface area contributed by atoms with Crippen LogP contribution in [0.3, 0.4) is 0 Å². The highest BCUT2D eigenvalue weighted by Crippen LogP contribution is 2.36. The van der Waals surface area contributed by atoms with Crippen LogP contribution in [0.4, 0.5) is 0 Å². The minimum absolute atomic E-state index is 0. The molecule has 0 aliphatic carbocycles. The second-order valence-corrected chi connectivity index (χ2v) is 5.03. The molecule has 0 amide bonds. The van der Waals surface area contributed by atoms with E-state index < -0.39 is 0 Å². The van der Waals surface area contributed by atoms with Gasteiger partial charge >= 0.3 is 0 Å². The number of ether oxygens (including phenoxy) is 2. The Morgan fingerprint density at radius 2 is 1.89 bits per heavy atom. The lowest BCUT2D eigenvalue weighted by Gasteiger charge is -2.30. The van der Waals surface area contributed by atoms with Gasteiger partial charge in [-0.25, -0.2) is 0 Å². The third-order valence-electron chi connectivity index (χ3n) is 3.17. The van der Waals surface area contributed by atoms with Crippen LogP contribution >= 0.6 is 12.4 Å². The van der Waals surface area contributed by atoms with Crippen molar-refractivity contribution in [3.8, 4) is 11.5 Å². The molecule has 1 aromatic carbocycles. The monoisotopic (exact) mass is 273 g/mol. The van der Waals surface area contributed by atoms with Gasteiger partial charge in [0, 0.05) is 18.1 Å². The summed E-state index contributed by atoms with van der Waals surface area (Å²) in [5.41, 5.74) is 6.75. The van der Waals surface area contributed by atoms with Gasteiger partial charge < -0.3 is 20.3 Å². The van der Waals surface area contributed by atoms with Crippen molar-refractivity contribution in [1.29, 1.82) is 0 Å². The molecular weight excluding hydrogens is 254 g/mol. The van der Waals surface area contributed by atoms with Crippen molar-refractivity contribution in [2.45, 2.75) is 19.9 Å². The number of fused-ring (bicyclic) bond motifs is 1. The molecular formula is C13H20ClNO3. The molecule has 1 aromatic rings. The summed E-state index contributed by atoms with van der Waals surface area (Å²) in [5.74, 6) is 1.49. The Morgan fingerprint density at radius 3 is 2.50 bits per heavy atom. The van der Waals surface area contributed by atoms with Crippen LogP contribution in [0.15, 0.2) is 18.2 Å². The molecule has 0 saturated heterocycles. The summed E-state index contributed by atoms with van der Waals surface area (Å²) in [5, 5.41) is 9.33. The summed E-state index contributed by atoms with van der Waals surface area (Å²) >= 11 is 0. The fourth-order valence-electron chi connectivity index (χ4n) is 1.80. The average molecular weight is 274 g/mol. The molecule has 5 heteroatoms. The molecule has 3 N–H and O–H groups in total. The summed E-state index contributed by atoms with van der Waals surface area (Å²) in [6, 6.07) is 5.46. The van der Waals surface area contributed by atoms with Gasteiger partial charge in [0.1, 0.15) is 13.2 Å². The summed E-state index contributed by atoms with van der Waals surface area (Å²) in [4.78, 5) is 0. The van der Waals surface area contributed by atoms with Gasteiger partial charge in [0.2, 0.25) is 0 Å². The van der Waals surface area contributed by atoms with Crippen molar-refractivity contribution in [2.75, 3.05) is 19.8 Å². The highest BCUT2D eigenvalue weighted by molar-refractivity contribution is 5.85. The number of hydrogen-bond acceptors (Lipinski definition) is 4. The number of halogens is 1. The molecule has 1 aliphatic heterocycles.